The number of aromatic nitrogens is 1. The molecule has 164 valence electrons. The zero-order chi connectivity index (χ0) is 23.1. The SMILES string of the molecule is Cc1cnc2c(S(C)(=O)=O)cccc2c1-c1cccc(Oc2cccc(S(C)(=O)=O)c2)c1. The van der Waals surface area contributed by atoms with Gasteiger partial charge in [-0.15, -0.1) is 0 Å². The van der Waals surface area contributed by atoms with E-state index in [1.54, 1.807) is 36.5 Å². The molecule has 1 aromatic heterocycles. The average Bonchev–Trinajstić information content (AvgIpc) is 2.72. The van der Waals surface area contributed by atoms with Crippen molar-refractivity contribution in [2.45, 2.75) is 16.7 Å². The van der Waals surface area contributed by atoms with E-state index in [0.717, 1.165) is 28.3 Å². The molecule has 32 heavy (non-hydrogen) atoms. The van der Waals surface area contributed by atoms with Gasteiger partial charge in [0.05, 0.1) is 15.3 Å². The normalized spacial score (nSPS) is 12.1. The summed E-state index contributed by atoms with van der Waals surface area (Å²) in [4.78, 5) is 4.75. The number of para-hydroxylation sites is 1. The molecular weight excluding hydrogens is 446 g/mol. The van der Waals surface area contributed by atoms with E-state index in [1.807, 2.05) is 31.2 Å². The van der Waals surface area contributed by atoms with E-state index in [0.29, 0.717) is 17.0 Å². The molecule has 0 spiro atoms. The Morgan fingerprint density at radius 2 is 1.44 bits per heavy atom. The first kappa shape index (κ1) is 22.0. The summed E-state index contributed by atoms with van der Waals surface area (Å²) in [5.74, 6) is 0.928. The fourth-order valence-electron chi connectivity index (χ4n) is 3.60. The lowest BCUT2D eigenvalue weighted by molar-refractivity contribution is 0.481. The van der Waals surface area contributed by atoms with Crippen molar-refractivity contribution in [1.29, 1.82) is 0 Å². The third-order valence-corrected chi connectivity index (χ3v) is 7.28. The lowest BCUT2D eigenvalue weighted by Gasteiger charge is -2.14. The molecule has 1 heterocycles. The molecule has 0 saturated carbocycles. The molecule has 0 atom stereocenters. The van der Waals surface area contributed by atoms with Gasteiger partial charge in [-0.05, 0) is 60.0 Å². The maximum Gasteiger partial charge on any atom is 0.177 e. The van der Waals surface area contributed by atoms with Crippen molar-refractivity contribution in [3.63, 3.8) is 0 Å². The van der Waals surface area contributed by atoms with Crippen molar-refractivity contribution in [3.8, 4) is 22.6 Å². The molecule has 0 fully saturated rings. The first-order chi connectivity index (χ1) is 15.0. The number of nitrogens with zero attached hydrogens (tertiary/aromatic N) is 1. The van der Waals surface area contributed by atoms with Gasteiger partial charge in [0, 0.05) is 24.1 Å². The van der Waals surface area contributed by atoms with E-state index in [2.05, 4.69) is 4.98 Å². The van der Waals surface area contributed by atoms with Gasteiger partial charge in [0.2, 0.25) is 0 Å². The van der Waals surface area contributed by atoms with Crippen molar-refractivity contribution in [2.75, 3.05) is 12.5 Å². The zero-order valence-corrected chi connectivity index (χ0v) is 19.4. The van der Waals surface area contributed by atoms with E-state index in [-0.39, 0.29) is 9.79 Å². The smallest absolute Gasteiger partial charge is 0.177 e. The highest BCUT2D eigenvalue weighted by Crippen LogP contribution is 2.35. The largest absolute Gasteiger partial charge is 0.457 e. The second kappa shape index (κ2) is 8.03. The van der Waals surface area contributed by atoms with Crippen LogP contribution in [0.1, 0.15) is 5.56 Å². The van der Waals surface area contributed by atoms with E-state index >= 15 is 0 Å². The summed E-state index contributed by atoms with van der Waals surface area (Å²) < 4.78 is 54.1. The first-order valence-electron chi connectivity index (χ1n) is 9.71. The highest BCUT2D eigenvalue weighted by Gasteiger charge is 2.17. The fourth-order valence-corrected chi connectivity index (χ4v) is 5.09. The third-order valence-electron chi connectivity index (χ3n) is 5.04. The Hall–Kier alpha value is -3.23. The highest BCUT2D eigenvalue weighted by molar-refractivity contribution is 7.91. The molecule has 0 bridgehead atoms. The van der Waals surface area contributed by atoms with Gasteiger partial charge in [-0.25, -0.2) is 16.8 Å². The van der Waals surface area contributed by atoms with E-state index < -0.39 is 19.7 Å². The molecule has 0 unspecified atom stereocenters. The molecule has 0 radical (unpaired) electrons. The number of fused-ring (bicyclic) bond motifs is 1. The molecule has 0 N–H and O–H groups in total. The molecule has 0 saturated heterocycles. The first-order valence-corrected chi connectivity index (χ1v) is 13.5. The van der Waals surface area contributed by atoms with Crippen LogP contribution in [-0.2, 0) is 19.7 Å². The number of pyridine rings is 1. The third kappa shape index (κ3) is 4.37. The summed E-state index contributed by atoms with van der Waals surface area (Å²) in [5.41, 5.74) is 3.00. The van der Waals surface area contributed by atoms with E-state index in [9.17, 15) is 16.8 Å². The van der Waals surface area contributed by atoms with Crippen molar-refractivity contribution in [3.05, 3.63) is 78.5 Å². The number of ether oxygens (including phenoxy) is 1. The maximum atomic E-state index is 12.2. The summed E-state index contributed by atoms with van der Waals surface area (Å²) >= 11 is 0. The molecule has 0 aliphatic carbocycles. The van der Waals surface area contributed by atoms with Crippen LogP contribution in [0.3, 0.4) is 0 Å². The molecule has 3 aromatic carbocycles. The Labute approximate surface area is 187 Å². The van der Waals surface area contributed by atoms with Gasteiger partial charge in [0.25, 0.3) is 0 Å². The van der Waals surface area contributed by atoms with Crippen molar-refractivity contribution < 1.29 is 21.6 Å². The Bertz CT molecular complexity index is 1560. The molecule has 8 heteroatoms. The van der Waals surface area contributed by atoms with Crippen LogP contribution >= 0.6 is 0 Å². The molecule has 6 nitrogen and oxygen atoms in total. The topological polar surface area (TPSA) is 90.4 Å². The minimum absolute atomic E-state index is 0.176. The number of benzene rings is 3. The van der Waals surface area contributed by atoms with Crippen molar-refractivity contribution in [1.82, 2.24) is 4.98 Å². The summed E-state index contributed by atoms with van der Waals surface area (Å²) in [7, 11) is -6.79. The molecule has 0 amide bonds. The Kier molecular flexibility index (Phi) is 5.52. The zero-order valence-electron chi connectivity index (χ0n) is 17.7. The van der Waals surface area contributed by atoms with Gasteiger partial charge >= 0.3 is 0 Å². The summed E-state index contributed by atoms with van der Waals surface area (Å²) in [5, 5.41) is 0.726. The lowest BCUT2D eigenvalue weighted by atomic mass is 9.97. The number of sulfone groups is 2. The van der Waals surface area contributed by atoms with Crippen molar-refractivity contribution in [2.24, 2.45) is 0 Å². The van der Waals surface area contributed by atoms with Crippen LogP contribution in [0.2, 0.25) is 0 Å². The number of rotatable bonds is 5. The van der Waals surface area contributed by atoms with Gasteiger partial charge in [-0.2, -0.15) is 0 Å². The molecule has 0 aliphatic heterocycles. The van der Waals surface area contributed by atoms with E-state index in [4.69, 9.17) is 4.74 Å². The van der Waals surface area contributed by atoms with Crippen LogP contribution in [0, 0.1) is 6.92 Å². The summed E-state index contributed by atoms with van der Waals surface area (Å²) in [6, 6.07) is 18.8. The molecular formula is C24H21NO5S2. The standard InChI is InChI=1S/C24H21NO5S2/c1-16-15-25-24-21(11-6-12-22(24)32(3,28)29)23(16)17-7-4-8-18(13-17)30-19-9-5-10-20(14-19)31(2,26)27/h4-15H,1-3H3. The summed E-state index contributed by atoms with van der Waals surface area (Å²) in [6.45, 7) is 1.91. The second-order valence-corrected chi connectivity index (χ2v) is 11.6. The van der Waals surface area contributed by atoms with Gasteiger partial charge in [0.15, 0.2) is 19.7 Å². The van der Waals surface area contributed by atoms with Crippen LogP contribution in [0.5, 0.6) is 11.5 Å². The Morgan fingerprint density at radius 1 is 0.781 bits per heavy atom. The summed E-state index contributed by atoms with van der Waals surface area (Å²) in [6.07, 6.45) is 3.98. The van der Waals surface area contributed by atoms with E-state index in [1.165, 1.54) is 18.4 Å². The van der Waals surface area contributed by atoms with Crippen LogP contribution < -0.4 is 4.74 Å². The van der Waals surface area contributed by atoms with Crippen molar-refractivity contribution >= 4 is 30.6 Å². The fraction of sp³-hybridized carbons (Fsp3) is 0.125. The Morgan fingerprint density at radius 3 is 2.12 bits per heavy atom. The monoisotopic (exact) mass is 467 g/mol. The van der Waals surface area contributed by atoms with Gasteiger partial charge in [-0.1, -0.05) is 30.3 Å². The second-order valence-electron chi connectivity index (χ2n) is 7.62. The lowest BCUT2D eigenvalue weighted by Crippen LogP contribution is -2.00. The minimum atomic E-state index is -3.44. The Balaban J connectivity index is 1.82. The predicted octanol–water partition coefficient (Wildman–Crippen LogP) is 4.81. The number of hydrogen-bond donors (Lipinski definition) is 0. The molecule has 4 rings (SSSR count). The van der Waals surface area contributed by atoms with Crippen LogP contribution in [-0.4, -0.2) is 34.3 Å². The number of aryl methyl sites for hydroxylation is 1. The molecule has 0 aliphatic rings. The predicted molar refractivity (Wildman–Crippen MR) is 125 cm³/mol. The average molecular weight is 468 g/mol. The van der Waals surface area contributed by atoms with Gasteiger partial charge in [0.1, 0.15) is 11.5 Å². The molecule has 4 aromatic rings. The van der Waals surface area contributed by atoms with Crippen LogP contribution in [0.4, 0.5) is 0 Å². The van der Waals surface area contributed by atoms with Crippen LogP contribution in [0.25, 0.3) is 22.0 Å². The quantitative estimate of drug-likeness (QED) is 0.418. The van der Waals surface area contributed by atoms with Gasteiger partial charge < -0.3 is 4.74 Å². The highest BCUT2D eigenvalue weighted by atomic mass is 32.2. The van der Waals surface area contributed by atoms with Crippen LogP contribution in [0.15, 0.2) is 82.7 Å². The van der Waals surface area contributed by atoms with Gasteiger partial charge in [-0.3, -0.25) is 4.98 Å². The number of hydrogen-bond acceptors (Lipinski definition) is 6. The maximum absolute atomic E-state index is 12.2. The minimum Gasteiger partial charge on any atom is -0.457 e.